The minimum atomic E-state index is 0.0746. The number of nitrogens with zero attached hydrogens (tertiary/aromatic N) is 1. The van der Waals surface area contributed by atoms with E-state index in [9.17, 15) is 4.79 Å². The minimum Gasteiger partial charge on any atom is -0.347 e. The van der Waals surface area contributed by atoms with Crippen molar-refractivity contribution in [3.8, 4) is 0 Å². The number of amides is 1. The number of nitrogens with one attached hydrogen (secondary N) is 1. The van der Waals surface area contributed by atoms with Crippen LogP contribution in [0.1, 0.15) is 30.3 Å². The summed E-state index contributed by atoms with van der Waals surface area (Å²) >= 11 is 1.69. The SMILES string of the molecule is CC(C)[C@H](NC(=O)CN(C)Cc1ccccc1)c1cccs1. The molecule has 1 N–H and O–H groups in total. The molecular formula is C18H24N2OS. The molecule has 3 nitrogen and oxygen atoms in total. The van der Waals surface area contributed by atoms with Gasteiger partial charge < -0.3 is 5.32 Å². The molecule has 1 aromatic carbocycles. The highest BCUT2D eigenvalue weighted by Gasteiger charge is 2.19. The standard InChI is InChI=1S/C18H24N2OS/c1-14(2)18(16-10-7-11-22-16)19-17(21)13-20(3)12-15-8-5-4-6-9-15/h4-11,14,18H,12-13H2,1-3H3,(H,19,21)/t18-/m0/s1. The second kappa shape index (κ2) is 8.11. The maximum atomic E-state index is 12.3. The zero-order valence-corrected chi connectivity index (χ0v) is 14.3. The molecule has 0 saturated carbocycles. The average molecular weight is 316 g/mol. The molecule has 0 aliphatic heterocycles. The fourth-order valence-corrected chi connectivity index (χ4v) is 3.40. The van der Waals surface area contributed by atoms with Crippen LogP contribution in [0.2, 0.25) is 0 Å². The van der Waals surface area contributed by atoms with Gasteiger partial charge in [0.05, 0.1) is 12.6 Å². The van der Waals surface area contributed by atoms with Gasteiger partial charge in [0.2, 0.25) is 5.91 Å². The number of hydrogen-bond donors (Lipinski definition) is 1. The Morgan fingerprint density at radius 1 is 1.18 bits per heavy atom. The first-order valence-electron chi connectivity index (χ1n) is 7.61. The summed E-state index contributed by atoms with van der Waals surface area (Å²) in [5, 5.41) is 5.22. The second-order valence-corrected chi connectivity index (χ2v) is 6.94. The number of thiophene rings is 1. The molecule has 0 aliphatic rings. The molecule has 0 unspecified atom stereocenters. The van der Waals surface area contributed by atoms with Gasteiger partial charge in [-0.25, -0.2) is 0 Å². The number of rotatable bonds is 7. The van der Waals surface area contributed by atoms with Crippen molar-refractivity contribution in [3.63, 3.8) is 0 Å². The molecular weight excluding hydrogens is 292 g/mol. The minimum absolute atomic E-state index is 0.0746. The van der Waals surface area contributed by atoms with E-state index >= 15 is 0 Å². The Kier molecular flexibility index (Phi) is 6.16. The summed E-state index contributed by atoms with van der Waals surface area (Å²) in [4.78, 5) is 15.6. The third kappa shape index (κ3) is 4.97. The average Bonchev–Trinajstić information content (AvgIpc) is 2.99. The highest BCUT2D eigenvalue weighted by atomic mass is 32.1. The van der Waals surface area contributed by atoms with Crippen LogP contribution in [0.3, 0.4) is 0 Å². The highest BCUT2D eigenvalue weighted by molar-refractivity contribution is 7.10. The lowest BCUT2D eigenvalue weighted by atomic mass is 10.0. The van der Waals surface area contributed by atoms with E-state index in [0.29, 0.717) is 12.5 Å². The highest BCUT2D eigenvalue weighted by Crippen LogP contribution is 2.25. The van der Waals surface area contributed by atoms with Gasteiger partial charge in [0, 0.05) is 11.4 Å². The first-order valence-corrected chi connectivity index (χ1v) is 8.49. The monoisotopic (exact) mass is 316 g/mol. The first kappa shape index (κ1) is 16.7. The van der Waals surface area contributed by atoms with Crippen molar-refractivity contribution >= 4 is 17.2 Å². The molecule has 118 valence electrons. The van der Waals surface area contributed by atoms with Crippen LogP contribution in [0.5, 0.6) is 0 Å². The van der Waals surface area contributed by atoms with E-state index in [1.165, 1.54) is 10.4 Å². The van der Waals surface area contributed by atoms with Crippen LogP contribution in [-0.4, -0.2) is 24.4 Å². The molecule has 0 radical (unpaired) electrons. The number of hydrogen-bond acceptors (Lipinski definition) is 3. The van der Waals surface area contributed by atoms with Gasteiger partial charge in [0.15, 0.2) is 0 Å². The maximum absolute atomic E-state index is 12.3. The Labute approximate surface area is 137 Å². The molecule has 4 heteroatoms. The van der Waals surface area contributed by atoms with E-state index in [4.69, 9.17) is 0 Å². The number of benzene rings is 1. The molecule has 0 aliphatic carbocycles. The molecule has 22 heavy (non-hydrogen) atoms. The van der Waals surface area contributed by atoms with Crippen molar-refractivity contribution in [1.29, 1.82) is 0 Å². The topological polar surface area (TPSA) is 32.3 Å². The van der Waals surface area contributed by atoms with Gasteiger partial charge in [0.1, 0.15) is 0 Å². The fourth-order valence-electron chi connectivity index (χ4n) is 2.45. The van der Waals surface area contributed by atoms with Crippen LogP contribution in [0.25, 0.3) is 0 Å². The normalized spacial score (nSPS) is 12.6. The second-order valence-electron chi connectivity index (χ2n) is 5.96. The lowest BCUT2D eigenvalue weighted by Gasteiger charge is -2.23. The quantitative estimate of drug-likeness (QED) is 0.845. The van der Waals surface area contributed by atoms with Crippen molar-refractivity contribution in [3.05, 3.63) is 58.3 Å². The predicted molar refractivity (Wildman–Crippen MR) is 92.8 cm³/mol. The molecule has 2 rings (SSSR count). The number of carbonyl (C=O) groups is 1. The number of carbonyl (C=O) groups excluding carboxylic acids is 1. The lowest BCUT2D eigenvalue weighted by molar-refractivity contribution is -0.123. The van der Waals surface area contributed by atoms with Crippen LogP contribution >= 0.6 is 11.3 Å². The van der Waals surface area contributed by atoms with Gasteiger partial charge >= 0.3 is 0 Å². The molecule has 1 atom stereocenters. The van der Waals surface area contributed by atoms with E-state index in [1.54, 1.807) is 11.3 Å². The van der Waals surface area contributed by atoms with E-state index in [2.05, 4.69) is 42.7 Å². The van der Waals surface area contributed by atoms with Crippen LogP contribution in [-0.2, 0) is 11.3 Å². The van der Waals surface area contributed by atoms with E-state index in [0.717, 1.165) is 6.54 Å². The van der Waals surface area contributed by atoms with Gasteiger partial charge in [-0.3, -0.25) is 9.69 Å². The lowest BCUT2D eigenvalue weighted by Crippen LogP contribution is -2.38. The zero-order valence-electron chi connectivity index (χ0n) is 13.5. The van der Waals surface area contributed by atoms with Gasteiger partial charge in [-0.15, -0.1) is 11.3 Å². The van der Waals surface area contributed by atoms with Crippen molar-refractivity contribution in [1.82, 2.24) is 10.2 Å². The fraction of sp³-hybridized carbons (Fsp3) is 0.389. The van der Waals surface area contributed by atoms with Crippen LogP contribution in [0, 0.1) is 5.92 Å². The molecule has 0 bridgehead atoms. The van der Waals surface area contributed by atoms with Crippen LogP contribution < -0.4 is 5.32 Å². The summed E-state index contributed by atoms with van der Waals surface area (Å²) in [5.41, 5.74) is 1.22. The van der Waals surface area contributed by atoms with E-state index in [-0.39, 0.29) is 11.9 Å². The predicted octanol–water partition coefficient (Wildman–Crippen LogP) is 3.69. The molecule has 1 heterocycles. The zero-order chi connectivity index (χ0) is 15.9. The van der Waals surface area contributed by atoms with E-state index < -0.39 is 0 Å². The Hall–Kier alpha value is -1.65. The summed E-state index contributed by atoms with van der Waals surface area (Å²) in [7, 11) is 1.97. The van der Waals surface area contributed by atoms with Crippen LogP contribution in [0.4, 0.5) is 0 Å². The first-order chi connectivity index (χ1) is 10.6. The van der Waals surface area contributed by atoms with Crippen molar-refractivity contribution < 1.29 is 4.79 Å². The Morgan fingerprint density at radius 2 is 1.91 bits per heavy atom. The summed E-state index contributed by atoms with van der Waals surface area (Å²) in [6, 6.07) is 14.4. The summed E-state index contributed by atoms with van der Waals surface area (Å²) in [5.74, 6) is 0.451. The molecule has 0 fully saturated rings. The van der Waals surface area contributed by atoms with Gasteiger partial charge in [-0.1, -0.05) is 50.2 Å². The van der Waals surface area contributed by atoms with Crippen molar-refractivity contribution in [2.75, 3.05) is 13.6 Å². The molecule has 1 amide bonds. The van der Waals surface area contributed by atoms with Crippen molar-refractivity contribution in [2.45, 2.75) is 26.4 Å². The third-order valence-corrected chi connectivity index (χ3v) is 4.50. The molecule has 1 aromatic heterocycles. The Bertz CT molecular complexity index is 566. The maximum Gasteiger partial charge on any atom is 0.234 e. The Morgan fingerprint density at radius 3 is 2.50 bits per heavy atom. The number of likely N-dealkylation sites (N-methyl/N-ethyl adjacent to an activating group) is 1. The molecule has 0 saturated heterocycles. The summed E-state index contributed by atoms with van der Waals surface area (Å²) < 4.78 is 0. The summed E-state index contributed by atoms with van der Waals surface area (Å²) in [6.45, 7) is 5.46. The smallest absolute Gasteiger partial charge is 0.234 e. The van der Waals surface area contributed by atoms with Gasteiger partial charge in [-0.05, 0) is 30.0 Å². The van der Waals surface area contributed by atoms with E-state index in [1.807, 2.05) is 36.2 Å². The van der Waals surface area contributed by atoms with Gasteiger partial charge in [0.25, 0.3) is 0 Å². The third-order valence-electron chi connectivity index (χ3n) is 3.54. The van der Waals surface area contributed by atoms with Gasteiger partial charge in [-0.2, -0.15) is 0 Å². The summed E-state index contributed by atoms with van der Waals surface area (Å²) in [6.07, 6.45) is 0. The molecule has 2 aromatic rings. The van der Waals surface area contributed by atoms with Crippen molar-refractivity contribution in [2.24, 2.45) is 5.92 Å². The van der Waals surface area contributed by atoms with Crippen LogP contribution in [0.15, 0.2) is 47.8 Å². The Balaban J connectivity index is 1.88. The molecule has 0 spiro atoms. The largest absolute Gasteiger partial charge is 0.347 e.